The van der Waals surface area contributed by atoms with E-state index in [1.807, 2.05) is 0 Å². The molecule has 1 rings (SSSR count). The van der Waals surface area contributed by atoms with Crippen molar-refractivity contribution in [2.24, 2.45) is 4.99 Å². The average molecular weight is 153 g/mol. The monoisotopic (exact) mass is 153 g/mol. The molecule has 1 atom stereocenters. The second-order valence-electron chi connectivity index (χ2n) is 2.45. The highest BCUT2D eigenvalue weighted by molar-refractivity contribution is 5.96. The van der Waals surface area contributed by atoms with E-state index in [1.54, 1.807) is 13.0 Å². The summed E-state index contributed by atoms with van der Waals surface area (Å²) in [6, 6.07) is -0.310. The molecule has 0 spiro atoms. The normalized spacial score (nSPS) is 22.8. The Balaban J connectivity index is 2.43. The Bertz CT molecular complexity index is 208. The van der Waals surface area contributed by atoms with Gasteiger partial charge in [0.1, 0.15) is 6.04 Å². The Hall–Kier alpha value is -1.12. The summed E-state index contributed by atoms with van der Waals surface area (Å²) in [7, 11) is 0. The third kappa shape index (κ3) is 1.90. The summed E-state index contributed by atoms with van der Waals surface area (Å²) in [4.78, 5) is 14.8. The number of cyclic esters (lactones) is 1. The van der Waals surface area contributed by atoms with E-state index in [2.05, 4.69) is 11.6 Å². The molecule has 0 bridgehead atoms. The zero-order chi connectivity index (χ0) is 8.27. The minimum Gasteiger partial charge on any atom is -0.410 e. The third-order valence-corrected chi connectivity index (χ3v) is 1.46. The van der Waals surface area contributed by atoms with E-state index in [1.165, 1.54) is 0 Å². The molecule has 0 radical (unpaired) electrons. The lowest BCUT2D eigenvalue weighted by Crippen LogP contribution is -2.10. The van der Waals surface area contributed by atoms with Gasteiger partial charge in [0.05, 0.1) is 0 Å². The lowest BCUT2D eigenvalue weighted by atomic mass is 10.3. The zero-order valence-corrected chi connectivity index (χ0v) is 6.54. The summed E-state index contributed by atoms with van der Waals surface area (Å²) in [5.41, 5.74) is 0. The molecule has 3 heteroatoms. The third-order valence-electron chi connectivity index (χ3n) is 1.46. The SMILES string of the molecule is C=CCCC1=NC(C)C(=O)O1. The molecule has 0 fully saturated rings. The van der Waals surface area contributed by atoms with Crippen LogP contribution in [0.15, 0.2) is 17.6 Å². The van der Waals surface area contributed by atoms with Crippen LogP contribution < -0.4 is 0 Å². The molecule has 11 heavy (non-hydrogen) atoms. The Labute approximate surface area is 65.8 Å². The van der Waals surface area contributed by atoms with Crippen LogP contribution >= 0.6 is 0 Å². The first-order valence-corrected chi connectivity index (χ1v) is 3.63. The topological polar surface area (TPSA) is 38.7 Å². The fourth-order valence-electron chi connectivity index (χ4n) is 0.838. The van der Waals surface area contributed by atoms with Crippen LogP contribution in [0.2, 0.25) is 0 Å². The quantitative estimate of drug-likeness (QED) is 0.452. The minimum absolute atomic E-state index is 0.246. The Kier molecular flexibility index (Phi) is 2.41. The van der Waals surface area contributed by atoms with Gasteiger partial charge in [0.25, 0.3) is 0 Å². The van der Waals surface area contributed by atoms with Crippen molar-refractivity contribution in [3.05, 3.63) is 12.7 Å². The van der Waals surface area contributed by atoms with Crippen molar-refractivity contribution in [1.29, 1.82) is 0 Å². The summed E-state index contributed by atoms with van der Waals surface area (Å²) in [6.45, 7) is 5.29. The first kappa shape index (κ1) is 7.98. The summed E-state index contributed by atoms with van der Waals surface area (Å²) in [5.74, 6) is 0.298. The van der Waals surface area contributed by atoms with Gasteiger partial charge in [0.2, 0.25) is 0 Å². The van der Waals surface area contributed by atoms with Crippen molar-refractivity contribution in [3.8, 4) is 0 Å². The maximum Gasteiger partial charge on any atom is 0.337 e. The number of ether oxygens (including phenoxy) is 1. The molecule has 0 saturated carbocycles. The van der Waals surface area contributed by atoms with Crippen LogP contribution in [0.3, 0.4) is 0 Å². The van der Waals surface area contributed by atoms with Gasteiger partial charge in [-0.2, -0.15) is 0 Å². The van der Waals surface area contributed by atoms with E-state index in [9.17, 15) is 4.79 Å². The molecule has 0 N–H and O–H groups in total. The van der Waals surface area contributed by atoms with E-state index in [0.717, 1.165) is 6.42 Å². The summed E-state index contributed by atoms with van der Waals surface area (Å²) in [6.07, 6.45) is 3.26. The molecule has 0 amide bonds. The van der Waals surface area contributed by atoms with E-state index < -0.39 is 0 Å². The predicted octanol–water partition coefficient (Wildman–Crippen LogP) is 1.30. The molecule has 0 aliphatic carbocycles. The van der Waals surface area contributed by atoms with Gasteiger partial charge >= 0.3 is 5.97 Å². The van der Waals surface area contributed by atoms with Crippen LogP contribution in [0, 0.1) is 0 Å². The predicted molar refractivity (Wildman–Crippen MR) is 42.4 cm³/mol. The lowest BCUT2D eigenvalue weighted by Gasteiger charge is -1.94. The van der Waals surface area contributed by atoms with Crippen molar-refractivity contribution >= 4 is 11.9 Å². The molecular weight excluding hydrogens is 142 g/mol. The van der Waals surface area contributed by atoms with Crippen LogP contribution in [0.5, 0.6) is 0 Å². The van der Waals surface area contributed by atoms with E-state index in [0.29, 0.717) is 12.3 Å². The fourth-order valence-corrected chi connectivity index (χ4v) is 0.838. The second kappa shape index (κ2) is 3.32. The van der Waals surface area contributed by atoms with Gasteiger partial charge in [-0.3, -0.25) is 0 Å². The molecular formula is C8H11NO2. The van der Waals surface area contributed by atoms with Gasteiger partial charge in [0.15, 0.2) is 5.90 Å². The standard InChI is InChI=1S/C8H11NO2/c1-3-4-5-7-9-6(2)8(10)11-7/h3,6H,1,4-5H2,2H3. The van der Waals surface area contributed by atoms with E-state index >= 15 is 0 Å². The Morgan fingerprint density at radius 3 is 3.00 bits per heavy atom. The Morgan fingerprint density at radius 2 is 2.55 bits per heavy atom. The highest BCUT2D eigenvalue weighted by atomic mass is 16.6. The van der Waals surface area contributed by atoms with Crippen molar-refractivity contribution < 1.29 is 9.53 Å². The second-order valence-corrected chi connectivity index (χ2v) is 2.45. The number of esters is 1. The van der Waals surface area contributed by atoms with Gasteiger partial charge in [-0.05, 0) is 13.3 Å². The van der Waals surface area contributed by atoms with Crippen LogP contribution in [-0.2, 0) is 9.53 Å². The summed E-state index contributed by atoms with van der Waals surface area (Å²) >= 11 is 0. The van der Waals surface area contributed by atoms with Crippen LogP contribution in [0.25, 0.3) is 0 Å². The van der Waals surface area contributed by atoms with E-state index in [-0.39, 0.29) is 12.0 Å². The number of rotatable bonds is 3. The van der Waals surface area contributed by atoms with Crippen LogP contribution in [-0.4, -0.2) is 17.9 Å². The number of carbonyl (C=O) groups is 1. The molecule has 1 heterocycles. The minimum atomic E-state index is -0.310. The molecule has 0 saturated heterocycles. The maximum atomic E-state index is 10.8. The van der Waals surface area contributed by atoms with Gasteiger partial charge in [-0.15, -0.1) is 6.58 Å². The largest absolute Gasteiger partial charge is 0.410 e. The van der Waals surface area contributed by atoms with Crippen LogP contribution in [0.1, 0.15) is 19.8 Å². The zero-order valence-electron chi connectivity index (χ0n) is 6.54. The molecule has 0 aromatic carbocycles. The van der Waals surface area contributed by atoms with Crippen LogP contribution in [0.4, 0.5) is 0 Å². The fraction of sp³-hybridized carbons (Fsp3) is 0.500. The smallest absolute Gasteiger partial charge is 0.337 e. The first-order chi connectivity index (χ1) is 5.24. The number of aliphatic imine (C=N–C) groups is 1. The number of hydrogen-bond donors (Lipinski definition) is 0. The molecule has 3 nitrogen and oxygen atoms in total. The summed E-state index contributed by atoms with van der Waals surface area (Å²) < 4.78 is 4.84. The molecule has 1 aliphatic rings. The Morgan fingerprint density at radius 1 is 1.82 bits per heavy atom. The number of allylic oxidation sites excluding steroid dienone is 1. The maximum absolute atomic E-state index is 10.8. The van der Waals surface area contributed by atoms with Gasteiger partial charge in [0, 0.05) is 6.42 Å². The van der Waals surface area contributed by atoms with Crippen molar-refractivity contribution in [1.82, 2.24) is 0 Å². The first-order valence-electron chi connectivity index (χ1n) is 3.63. The number of nitrogens with zero attached hydrogens (tertiary/aromatic N) is 1. The van der Waals surface area contributed by atoms with Crippen molar-refractivity contribution in [2.75, 3.05) is 0 Å². The number of carbonyl (C=O) groups excluding carboxylic acids is 1. The number of hydrogen-bond acceptors (Lipinski definition) is 3. The van der Waals surface area contributed by atoms with Crippen molar-refractivity contribution in [3.63, 3.8) is 0 Å². The van der Waals surface area contributed by atoms with Gasteiger partial charge in [-0.1, -0.05) is 6.08 Å². The lowest BCUT2D eigenvalue weighted by molar-refractivity contribution is -0.134. The van der Waals surface area contributed by atoms with Gasteiger partial charge < -0.3 is 4.74 Å². The molecule has 60 valence electrons. The molecule has 1 aliphatic heterocycles. The van der Waals surface area contributed by atoms with E-state index in [4.69, 9.17) is 4.74 Å². The molecule has 0 aromatic heterocycles. The molecule has 0 aromatic rings. The summed E-state index contributed by atoms with van der Waals surface area (Å²) in [5, 5.41) is 0. The highest BCUT2D eigenvalue weighted by Gasteiger charge is 2.23. The highest BCUT2D eigenvalue weighted by Crippen LogP contribution is 2.09. The molecule has 1 unspecified atom stereocenters. The average Bonchev–Trinajstić information content (AvgIpc) is 2.28. The van der Waals surface area contributed by atoms with Gasteiger partial charge in [-0.25, -0.2) is 9.79 Å². The van der Waals surface area contributed by atoms with Crippen molar-refractivity contribution in [2.45, 2.75) is 25.8 Å².